The summed E-state index contributed by atoms with van der Waals surface area (Å²) in [6, 6.07) is -1.07. The molecule has 6 heteroatoms. The molecule has 0 aliphatic carbocycles. The van der Waals surface area contributed by atoms with Crippen molar-refractivity contribution in [2.24, 2.45) is 0 Å². The summed E-state index contributed by atoms with van der Waals surface area (Å²) < 4.78 is 0. The van der Waals surface area contributed by atoms with Crippen molar-refractivity contribution in [3.8, 4) is 0 Å². The van der Waals surface area contributed by atoms with Crippen LogP contribution in [-0.2, 0) is 14.4 Å². The van der Waals surface area contributed by atoms with E-state index in [1.807, 2.05) is 20.8 Å². The Kier molecular flexibility index (Phi) is 4.32. The summed E-state index contributed by atoms with van der Waals surface area (Å²) in [6.07, 6.45) is 0.657. The Hall–Kier alpha value is -1.59. The fourth-order valence-electron chi connectivity index (χ4n) is 1.87. The molecule has 0 aromatic heterocycles. The lowest BCUT2D eigenvalue weighted by Gasteiger charge is -2.29. The number of nitrogens with one attached hydrogen (secondary N) is 2. The van der Waals surface area contributed by atoms with E-state index >= 15 is 0 Å². The maximum atomic E-state index is 12.1. The number of hydrogen-bond acceptors (Lipinski definition) is 3. The molecular weight excluding hydrogens is 234 g/mol. The second-order valence-electron chi connectivity index (χ2n) is 5.50. The molecule has 1 aliphatic rings. The zero-order valence-corrected chi connectivity index (χ0v) is 11.4. The van der Waals surface area contributed by atoms with Crippen LogP contribution in [0.4, 0.5) is 0 Å². The third-order valence-corrected chi connectivity index (χ3v) is 2.59. The molecule has 1 fully saturated rings. The molecule has 0 saturated carbocycles. The zero-order chi connectivity index (χ0) is 13.9. The van der Waals surface area contributed by atoms with Crippen LogP contribution in [-0.4, -0.2) is 47.3 Å². The normalized spacial score (nSPS) is 21.0. The maximum absolute atomic E-state index is 12.1. The van der Waals surface area contributed by atoms with Crippen molar-refractivity contribution in [2.45, 2.75) is 45.7 Å². The highest BCUT2D eigenvalue weighted by Gasteiger charge is 2.37. The highest BCUT2D eigenvalue weighted by atomic mass is 16.2. The number of carbonyl (C=O) groups excluding carboxylic acids is 3. The van der Waals surface area contributed by atoms with Crippen LogP contribution in [0.25, 0.3) is 0 Å². The fraction of sp³-hybridized carbons (Fsp3) is 0.750. The lowest BCUT2D eigenvalue weighted by Crippen LogP contribution is -2.58. The zero-order valence-electron chi connectivity index (χ0n) is 11.4. The van der Waals surface area contributed by atoms with Gasteiger partial charge in [0.1, 0.15) is 0 Å². The first-order valence-electron chi connectivity index (χ1n) is 6.09. The molecule has 1 heterocycles. The lowest BCUT2D eigenvalue weighted by atomic mass is 10.1. The summed E-state index contributed by atoms with van der Waals surface area (Å²) in [7, 11) is 0. The van der Waals surface area contributed by atoms with Crippen molar-refractivity contribution in [1.82, 2.24) is 15.5 Å². The van der Waals surface area contributed by atoms with E-state index in [9.17, 15) is 14.4 Å². The predicted molar refractivity (Wildman–Crippen MR) is 66.7 cm³/mol. The molecule has 3 amide bonds. The summed E-state index contributed by atoms with van der Waals surface area (Å²) in [5.41, 5.74) is -0.438. The maximum Gasteiger partial charge on any atom is 0.253 e. The molecule has 102 valence electrons. The second-order valence-corrected chi connectivity index (χ2v) is 5.50. The van der Waals surface area contributed by atoms with Gasteiger partial charge in [0.25, 0.3) is 11.8 Å². The Morgan fingerprint density at radius 2 is 2.00 bits per heavy atom. The van der Waals surface area contributed by atoms with Crippen LogP contribution in [0.15, 0.2) is 0 Å². The van der Waals surface area contributed by atoms with Crippen LogP contribution in [0.5, 0.6) is 0 Å². The molecule has 1 atom stereocenters. The SMILES string of the molecule is CC(=O)N1CCCNC(=O)C1C(=O)NC(C)(C)C. The van der Waals surface area contributed by atoms with E-state index in [4.69, 9.17) is 0 Å². The van der Waals surface area contributed by atoms with Gasteiger partial charge >= 0.3 is 0 Å². The largest absolute Gasteiger partial charge is 0.354 e. The molecule has 1 saturated heterocycles. The van der Waals surface area contributed by atoms with Gasteiger partial charge in [-0.05, 0) is 27.2 Å². The monoisotopic (exact) mass is 255 g/mol. The average molecular weight is 255 g/mol. The predicted octanol–water partition coefficient (Wildman–Crippen LogP) is -0.362. The average Bonchev–Trinajstić information content (AvgIpc) is 2.36. The lowest BCUT2D eigenvalue weighted by molar-refractivity contribution is -0.145. The van der Waals surface area contributed by atoms with Gasteiger partial charge in [-0.1, -0.05) is 0 Å². The number of rotatable bonds is 1. The Morgan fingerprint density at radius 1 is 1.39 bits per heavy atom. The van der Waals surface area contributed by atoms with Gasteiger partial charge in [-0.3, -0.25) is 14.4 Å². The van der Waals surface area contributed by atoms with Gasteiger partial charge in [0, 0.05) is 25.6 Å². The Labute approximate surface area is 107 Å². The van der Waals surface area contributed by atoms with Crippen molar-refractivity contribution in [3.63, 3.8) is 0 Å². The molecule has 0 radical (unpaired) electrons. The molecule has 18 heavy (non-hydrogen) atoms. The third kappa shape index (κ3) is 3.72. The Morgan fingerprint density at radius 3 is 2.50 bits per heavy atom. The summed E-state index contributed by atoms with van der Waals surface area (Å²) in [6.45, 7) is 7.76. The standard InChI is InChI=1S/C12H21N3O3/c1-8(16)15-7-5-6-13-10(17)9(15)11(18)14-12(2,3)4/h9H,5-7H2,1-4H3,(H,13,17)(H,14,18). The first-order valence-corrected chi connectivity index (χ1v) is 6.09. The number of amides is 3. The summed E-state index contributed by atoms with van der Waals surface area (Å²) in [5, 5.41) is 5.39. The van der Waals surface area contributed by atoms with Crippen LogP contribution in [0.3, 0.4) is 0 Å². The number of nitrogens with zero attached hydrogens (tertiary/aromatic N) is 1. The molecule has 1 rings (SSSR count). The fourth-order valence-corrected chi connectivity index (χ4v) is 1.87. The van der Waals surface area contributed by atoms with Crippen molar-refractivity contribution in [1.29, 1.82) is 0 Å². The van der Waals surface area contributed by atoms with Gasteiger partial charge in [-0.15, -0.1) is 0 Å². The second kappa shape index (κ2) is 5.37. The summed E-state index contributed by atoms with van der Waals surface area (Å²) in [4.78, 5) is 36.9. The number of hydrogen-bond donors (Lipinski definition) is 2. The molecule has 0 spiro atoms. The Bertz CT molecular complexity index is 360. The van der Waals surface area contributed by atoms with E-state index < -0.39 is 23.4 Å². The van der Waals surface area contributed by atoms with Crippen molar-refractivity contribution >= 4 is 17.7 Å². The van der Waals surface area contributed by atoms with Gasteiger partial charge in [0.15, 0.2) is 6.04 Å². The molecule has 1 aliphatic heterocycles. The Balaban J connectivity index is 2.93. The molecule has 1 unspecified atom stereocenters. The van der Waals surface area contributed by atoms with Crippen LogP contribution >= 0.6 is 0 Å². The summed E-state index contributed by atoms with van der Waals surface area (Å²) >= 11 is 0. The number of carbonyl (C=O) groups is 3. The van der Waals surface area contributed by atoms with Crippen LogP contribution < -0.4 is 10.6 Å². The highest BCUT2D eigenvalue weighted by Crippen LogP contribution is 2.09. The van der Waals surface area contributed by atoms with Crippen molar-refractivity contribution in [2.75, 3.05) is 13.1 Å². The van der Waals surface area contributed by atoms with E-state index in [0.29, 0.717) is 19.5 Å². The quantitative estimate of drug-likeness (QED) is 0.628. The molecule has 0 bridgehead atoms. The van der Waals surface area contributed by atoms with E-state index in [1.54, 1.807) is 0 Å². The first-order chi connectivity index (χ1) is 8.22. The van der Waals surface area contributed by atoms with Crippen LogP contribution in [0.2, 0.25) is 0 Å². The van der Waals surface area contributed by atoms with Crippen molar-refractivity contribution in [3.05, 3.63) is 0 Å². The minimum absolute atomic E-state index is 0.263. The highest BCUT2D eigenvalue weighted by molar-refractivity contribution is 6.07. The topological polar surface area (TPSA) is 78.5 Å². The van der Waals surface area contributed by atoms with E-state index in [0.717, 1.165) is 0 Å². The van der Waals surface area contributed by atoms with Gasteiger partial charge in [-0.2, -0.15) is 0 Å². The van der Waals surface area contributed by atoms with Gasteiger partial charge < -0.3 is 15.5 Å². The minimum Gasteiger partial charge on any atom is -0.354 e. The van der Waals surface area contributed by atoms with Crippen molar-refractivity contribution < 1.29 is 14.4 Å². The first kappa shape index (κ1) is 14.5. The molecule has 0 aromatic carbocycles. The molecule has 2 N–H and O–H groups in total. The third-order valence-electron chi connectivity index (χ3n) is 2.59. The molecule has 0 aromatic rings. The van der Waals surface area contributed by atoms with Crippen LogP contribution in [0, 0.1) is 0 Å². The minimum atomic E-state index is -1.07. The van der Waals surface area contributed by atoms with E-state index in [-0.39, 0.29) is 5.91 Å². The van der Waals surface area contributed by atoms with Crippen LogP contribution in [0.1, 0.15) is 34.1 Å². The smallest absolute Gasteiger partial charge is 0.253 e. The molecular formula is C12H21N3O3. The van der Waals surface area contributed by atoms with Gasteiger partial charge in [0.05, 0.1) is 0 Å². The van der Waals surface area contributed by atoms with Gasteiger partial charge in [-0.25, -0.2) is 0 Å². The van der Waals surface area contributed by atoms with E-state index in [2.05, 4.69) is 10.6 Å². The van der Waals surface area contributed by atoms with Gasteiger partial charge in [0.2, 0.25) is 5.91 Å². The van der Waals surface area contributed by atoms with E-state index in [1.165, 1.54) is 11.8 Å². The summed E-state index contributed by atoms with van der Waals surface area (Å²) in [5.74, 6) is -1.11. The molecule has 6 nitrogen and oxygen atoms in total.